The van der Waals surface area contributed by atoms with Crippen molar-refractivity contribution in [2.45, 2.75) is 52.7 Å². The summed E-state index contributed by atoms with van der Waals surface area (Å²) in [4.78, 5) is 32.5. The van der Waals surface area contributed by atoms with Crippen molar-refractivity contribution in [1.29, 1.82) is 0 Å². The summed E-state index contributed by atoms with van der Waals surface area (Å²) < 4.78 is 0. The summed E-state index contributed by atoms with van der Waals surface area (Å²) in [7, 11) is 0. The van der Waals surface area contributed by atoms with Gasteiger partial charge in [0.05, 0.1) is 6.54 Å². The molecule has 0 unspecified atom stereocenters. The highest BCUT2D eigenvalue weighted by Crippen LogP contribution is 2.28. The number of carbonyl (C=O) groups excluding carboxylic acids is 2. The number of aryl methyl sites for hydroxylation is 3. The minimum absolute atomic E-state index is 0.0351. The van der Waals surface area contributed by atoms with Crippen molar-refractivity contribution >= 4 is 29.0 Å². The molecule has 3 amide bonds. The summed E-state index contributed by atoms with van der Waals surface area (Å²) >= 11 is 1.71. The van der Waals surface area contributed by atoms with Gasteiger partial charge in [-0.2, -0.15) is 0 Å². The Hall–Kier alpha value is -3.12. The molecule has 0 spiro atoms. The molecule has 6 heteroatoms. The van der Waals surface area contributed by atoms with Gasteiger partial charge < -0.3 is 15.1 Å². The molecule has 0 bridgehead atoms. The number of thiophene rings is 1. The van der Waals surface area contributed by atoms with Crippen LogP contribution in [0, 0.1) is 20.8 Å². The number of hydrogen-bond donors (Lipinski definition) is 1. The number of anilines is 1. The van der Waals surface area contributed by atoms with Crippen molar-refractivity contribution in [3.8, 4) is 0 Å². The minimum atomic E-state index is -0.208. The topological polar surface area (TPSA) is 52.7 Å². The minimum Gasteiger partial charge on any atom is -0.332 e. The quantitative estimate of drug-likeness (QED) is 0.454. The van der Waals surface area contributed by atoms with Crippen LogP contribution in [-0.2, 0) is 17.9 Å². The molecule has 3 aromatic rings. The first-order valence-electron chi connectivity index (χ1n) is 11.4. The van der Waals surface area contributed by atoms with Gasteiger partial charge >= 0.3 is 6.03 Å². The molecular formula is C27H31N3O2S. The average Bonchev–Trinajstić information content (AvgIpc) is 3.55. The zero-order valence-electron chi connectivity index (χ0n) is 19.5. The number of urea groups is 1. The van der Waals surface area contributed by atoms with E-state index in [0.717, 1.165) is 34.5 Å². The Morgan fingerprint density at radius 3 is 2.33 bits per heavy atom. The van der Waals surface area contributed by atoms with Crippen molar-refractivity contribution in [3.05, 3.63) is 87.1 Å². The fourth-order valence-electron chi connectivity index (χ4n) is 3.81. The Morgan fingerprint density at radius 1 is 0.939 bits per heavy atom. The second-order valence-corrected chi connectivity index (χ2v) is 10.2. The van der Waals surface area contributed by atoms with Gasteiger partial charge in [0.15, 0.2) is 0 Å². The molecule has 4 rings (SSSR count). The molecule has 0 radical (unpaired) electrons. The fraction of sp³-hybridized carbons (Fsp3) is 0.333. The molecule has 172 valence electrons. The van der Waals surface area contributed by atoms with Crippen LogP contribution in [-0.4, -0.2) is 34.3 Å². The van der Waals surface area contributed by atoms with E-state index in [0.29, 0.717) is 13.1 Å². The molecular weight excluding hydrogens is 430 g/mol. The van der Waals surface area contributed by atoms with Crippen LogP contribution in [0.2, 0.25) is 0 Å². The van der Waals surface area contributed by atoms with Gasteiger partial charge in [-0.15, -0.1) is 11.3 Å². The SMILES string of the molecule is Cc1ccc(CN(Cc2ccccc2)C(=O)CN(C(=O)Nc2ccc(C)c(C)c2)C2CC2)s1. The van der Waals surface area contributed by atoms with E-state index in [1.54, 1.807) is 16.2 Å². The molecule has 5 nitrogen and oxygen atoms in total. The van der Waals surface area contributed by atoms with Gasteiger partial charge in [0.1, 0.15) is 6.54 Å². The van der Waals surface area contributed by atoms with Gasteiger partial charge in [-0.05, 0) is 74.6 Å². The van der Waals surface area contributed by atoms with Crippen LogP contribution in [0.4, 0.5) is 10.5 Å². The summed E-state index contributed by atoms with van der Waals surface area (Å²) in [6, 6.07) is 20.0. The third kappa shape index (κ3) is 6.23. The van der Waals surface area contributed by atoms with Crippen LogP contribution in [0.5, 0.6) is 0 Å². The van der Waals surface area contributed by atoms with E-state index in [-0.39, 0.29) is 24.5 Å². The van der Waals surface area contributed by atoms with Crippen LogP contribution >= 0.6 is 11.3 Å². The highest BCUT2D eigenvalue weighted by atomic mass is 32.1. The first-order valence-corrected chi connectivity index (χ1v) is 12.2. The molecule has 1 aliphatic carbocycles. The first-order chi connectivity index (χ1) is 15.9. The zero-order valence-corrected chi connectivity index (χ0v) is 20.3. The zero-order chi connectivity index (χ0) is 23.4. The third-order valence-electron chi connectivity index (χ3n) is 6.02. The highest BCUT2D eigenvalue weighted by Gasteiger charge is 2.35. The number of nitrogens with one attached hydrogen (secondary N) is 1. The number of amides is 3. The lowest BCUT2D eigenvalue weighted by Crippen LogP contribution is -2.45. The van der Waals surface area contributed by atoms with E-state index in [1.165, 1.54) is 10.4 Å². The molecule has 0 atom stereocenters. The van der Waals surface area contributed by atoms with Gasteiger partial charge in [-0.25, -0.2) is 4.79 Å². The monoisotopic (exact) mass is 461 g/mol. The van der Waals surface area contributed by atoms with Crippen molar-refractivity contribution in [2.24, 2.45) is 0 Å². The van der Waals surface area contributed by atoms with E-state index in [9.17, 15) is 9.59 Å². The highest BCUT2D eigenvalue weighted by molar-refractivity contribution is 7.11. The summed E-state index contributed by atoms with van der Waals surface area (Å²) in [5, 5.41) is 3.00. The largest absolute Gasteiger partial charge is 0.332 e. The number of rotatable bonds is 8. The molecule has 0 saturated heterocycles. The lowest BCUT2D eigenvalue weighted by molar-refractivity contribution is -0.133. The average molecular weight is 462 g/mol. The second kappa shape index (κ2) is 10.2. The Morgan fingerprint density at radius 2 is 1.70 bits per heavy atom. The van der Waals surface area contributed by atoms with Gasteiger partial charge in [-0.3, -0.25) is 4.79 Å². The lowest BCUT2D eigenvalue weighted by atomic mass is 10.1. The van der Waals surface area contributed by atoms with Gasteiger partial charge in [0.25, 0.3) is 0 Å². The number of carbonyl (C=O) groups is 2. The van der Waals surface area contributed by atoms with Crippen LogP contribution in [0.15, 0.2) is 60.7 Å². The first kappa shape index (κ1) is 23.1. The third-order valence-corrected chi connectivity index (χ3v) is 7.01. The number of hydrogen-bond acceptors (Lipinski definition) is 3. The smallest absolute Gasteiger partial charge is 0.322 e. The molecule has 1 aromatic heterocycles. The molecule has 2 aromatic carbocycles. The van der Waals surface area contributed by atoms with Crippen LogP contribution < -0.4 is 5.32 Å². The molecule has 1 heterocycles. The van der Waals surface area contributed by atoms with Crippen LogP contribution in [0.1, 0.15) is 39.3 Å². The maximum atomic E-state index is 13.5. The van der Waals surface area contributed by atoms with Crippen LogP contribution in [0.25, 0.3) is 0 Å². The van der Waals surface area contributed by atoms with Crippen molar-refractivity contribution < 1.29 is 9.59 Å². The van der Waals surface area contributed by atoms with Crippen molar-refractivity contribution in [2.75, 3.05) is 11.9 Å². The second-order valence-electron chi connectivity index (χ2n) is 8.84. The molecule has 33 heavy (non-hydrogen) atoms. The normalized spacial score (nSPS) is 12.9. The maximum absolute atomic E-state index is 13.5. The van der Waals surface area contributed by atoms with E-state index in [1.807, 2.05) is 67.3 Å². The standard InChI is InChI=1S/C27H31N3O2S/c1-19-9-11-23(15-20(19)2)28-27(32)30(24-12-13-24)18-26(31)29(16-22-7-5-4-6-8-22)17-25-14-10-21(3)33-25/h4-11,14-15,24H,12-13,16-18H2,1-3H3,(H,28,32). The summed E-state index contributed by atoms with van der Waals surface area (Å²) in [5.74, 6) is -0.0351. The Kier molecular flexibility index (Phi) is 7.14. The van der Waals surface area contributed by atoms with Gasteiger partial charge in [0, 0.05) is 28.0 Å². The van der Waals surface area contributed by atoms with Gasteiger partial charge in [-0.1, -0.05) is 36.4 Å². The van der Waals surface area contributed by atoms with Crippen LogP contribution in [0.3, 0.4) is 0 Å². The molecule has 1 aliphatic rings. The summed E-state index contributed by atoms with van der Waals surface area (Å²) in [6.07, 6.45) is 1.88. The molecule has 1 saturated carbocycles. The fourth-order valence-corrected chi connectivity index (χ4v) is 4.71. The summed E-state index contributed by atoms with van der Waals surface area (Å²) in [5.41, 5.74) is 4.15. The Labute approximate surface area is 200 Å². The van der Waals surface area contributed by atoms with E-state index in [4.69, 9.17) is 0 Å². The predicted molar refractivity (Wildman–Crippen MR) is 134 cm³/mol. The molecule has 1 N–H and O–H groups in total. The molecule has 0 aliphatic heterocycles. The maximum Gasteiger partial charge on any atom is 0.322 e. The number of nitrogens with zero attached hydrogens (tertiary/aromatic N) is 2. The summed E-state index contributed by atoms with van der Waals surface area (Å²) in [6.45, 7) is 7.30. The van der Waals surface area contributed by atoms with Crippen molar-refractivity contribution in [1.82, 2.24) is 9.80 Å². The number of benzene rings is 2. The van der Waals surface area contributed by atoms with Crippen molar-refractivity contribution in [3.63, 3.8) is 0 Å². The van der Waals surface area contributed by atoms with E-state index >= 15 is 0 Å². The molecule has 1 fully saturated rings. The van der Waals surface area contributed by atoms with E-state index < -0.39 is 0 Å². The Bertz CT molecular complexity index is 1120. The van der Waals surface area contributed by atoms with Gasteiger partial charge in [0.2, 0.25) is 5.91 Å². The van der Waals surface area contributed by atoms with E-state index in [2.05, 4.69) is 24.4 Å². The Balaban J connectivity index is 1.48. The predicted octanol–water partition coefficient (Wildman–Crippen LogP) is 5.90. The lowest BCUT2D eigenvalue weighted by Gasteiger charge is -2.28.